The Labute approximate surface area is 176 Å². The van der Waals surface area contributed by atoms with E-state index in [9.17, 15) is 49.7 Å². The molecule has 5 N–H and O–H groups in total. The van der Waals surface area contributed by atoms with E-state index in [0.717, 1.165) is 0 Å². The standard InChI is InChI=1S/C20H21NO10/c1-11(12-5-3-2-4-6-12)20(10-21,18(30)31)13(15(24)25)7-8-19(16(26)27,17(28)29)9-14(22)23/h2-6,11,13H,7-9H2,1H3,(H,22,23)(H,24,25)(H,26,27)(H,28,29)(H,30,31). The number of hydrogen-bond donors (Lipinski definition) is 5. The van der Waals surface area contributed by atoms with Gasteiger partial charge < -0.3 is 25.5 Å². The molecule has 0 aliphatic rings. The van der Waals surface area contributed by atoms with E-state index in [1.54, 1.807) is 18.2 Å². The van der Waals surface area contributed by atoms with Gasteiger partial charge in [-0.2, -0.15) is 5.26 Å². The Morgan fingerprint density at radius 3 is 1.81 bits per heavy atom. The number of carboxylic acid groups (broad SMARTS) is 5. The highest BCUT2D eigenvalue weighted by molar-refractivity contribution is 6.01. The van der Waals surface area contributed by atoms with Gasteiger partial charge in [-0.1, -0.05) is 37.3 Å². The Hall–Kier alpha value is -3.94. The summed E-state index contributed by atoms with van der Waals surface area (Å²) in [5.41, 5.74) is -5.15. The molecule has 0 aliphatic carbocycles. The van der Waals surface area contributed by atoms with Crippen LogP contribution in [-0.4, -0.2) is 55.4 Å². The second-order valence-corrected chi connectivity index (χ2v) is 7.11. The molecule has 11 nitrogen and oxygen atoms in total. The number of carbonyl (C=O) groups is 5. The fraction of sp³-hybridized carbons (Fsp3) is 0.400. The fourth-order valence-electron chi connectivity index (χ4n) is 3.60. The summed E-state index contributed by atoms with van der Waals surface area (Å²) in [5.74, 6) is -12.5. The summed E-state index contributed by atoms with van der Waals surface area (Å²) in [6, 6.07) is 9.25. The van der Waals surface area contributed by atoms with Crippen LogP contribution < -0.4 is 0 Å². The molecule has 1 aromatic carbocycles. The van der Waals surface area contributed by atoms with Crippen LogP contribution in [0.25, 0.3) is 0 Å². The van der Waals surface area contributed by atoms with Gasteiger partial charge in [0.2, 0.25) is 0 Å². The van der Waals surface area contributed by atoms with Crippen molar-refractivity contribution in [1.29, 1.82) is 5.26 Å². The molecular formula is C20H21NO10. The lowest BCUT2D eigenvalue weighted by atomic mass is 9.63. The van der Waals surface area contributed by atoms with E-state index in [-0.39, 0.29) is 0 Å². The van der Waals surface area contributed by atoms with E-state index in [1.807, 2.05) is 0 Å². The quantitative estimate of drug-likeness (QED) is 0.297. The van der Waals surface area contributed by atoms with E-state index >= 15 is 0 Å². The van der Waals surface area contributed by atoms with E-state index in [1.165, 1.54) is 25.1 Å². The van der Waals surface area contributed by atoms with Crippen LogP contribution in [0, 0.1) is 28.1 Å². The summed E-state index contributed by atoms with van der Waals surface area (Å²) in [6.45, 7) is 1.32. The van der Waals surface area contributed by atoms with Crippen molar-refractivity contribution < 1.29 is 49.5 Å². The monoisotopic (exact) mass is 435 g/mol. The van der Waals surface area contributed by atoms with Crippen molar-refractivity contribution in [3.8, 4) is 6.07 Å². The summed E-state index contributed by atoms with van der Waals surface area (Å²) < 4.78 is 0. The summed E-state index contributed by atoms with van der Waals surface area (Å²) >= 11 is 0. The first-order chi connectivity index (χ1) is 14.4. The van der Waals surface area contributed by atoms with Crippen molar-refractivity contribution in [3.05, 3.63) is 35.9 Å². The zero-order chi connectivity index (χ0) is 24.0. The number of nitriles is 1. The molecule has 166 valence electrons. The van der Waals surface area contributed by atoms with Gasteiger partial charge in [-0.15, -0.1) is 0 Å². The molecule has 3 unspecified atom stereocenters. The fourth-order valence-corrected chi connectivity index (χ4v) is 3.60. The van der Waals surface area contributed by atoms with Crippen LogP contribution in [0.5, 0.6) is 0 Å². The van der Waals surface area contributed by atoms with Gasteiger partial charge in [0.15, 0.2) is 10.8 Å². The second kappa shape index (κ2) is 9.71. The molecule has 0 aromatic heterocycles. The first kappa shape index (κ1) is 25.1. The highest BCUT2D eigenvalue weighted by Gasteiger charge is 2.57. The molecule has 0 fully saturated rings. The van der Waals surface area contributed by atoms with Gasteiger partial charge in [0.1, 0.15) is 0 Å². The van der Waals surface area contributed by atoms with E-state index in [4.69, 9.17) is 5.11 Å². The number of carboxylic acids is 5. The minimum absolute atomic E-state index is 0.325. The maximum absolute atomic E-state index is 12.2. The first-order valence-corrected chi connectivity index (χ1v) is 8.97. The van der Waals surface area contributed by atoms with Crippen LogP contribution in [0.4, 0.5) is 0 Å². The van der Waals surface area contributed by atoms with Gasteiger partial charge in [0.25, 0.3) is 0 Å². The SMILES string of the molecule is CC(c1ccccc1)C(C#N)(C(=O)O)C(CCC(CC(=O)O)(C(=O)O)C(=O)O)C(=O)O. The molecule has 0 heterocycles. The lowest BCUT2D eigenvalue weighted by Crippen LogP contribution is -2.47. The number of hydrogen-bond acceptors (Lipinski definition) is 6. The van der Waals surface area contributed by atoms with Gasteiger partial charge in [-0.05, 0) is 18.4 Å². The number of rotatable bonds is 12. The summed E-state index contributed by atoms with van der Waals surface area (Å²) in [4.78, 5) is 58.5. The molecule has 0 bridgehead atoms. The molecule has 3 atom stereocenters. The molecule has 0 radical (unpaired) electrons. The van der Waals surface area contributed by atoms with Crippen molar-refractivity contribution in [2.24, 2.45) is 16.7 Å². The van der Waals surface area contributed by atoms with Crippen LogP contribution in [0.2, 0.25) is 0 Å². The summed E-state index contributed by atoms with van der Waals surface area (Å²) in [6.07, 6.45) is -3.25. The first-order valence-electron chi connectivity index (χ1n) is 8.97. The van der Waals surface area contributed by atoms with Gasteiger partial charge in [-0.3, -0.25) is 24.0 Å². The Kier molecular flexibility index (Phi) is 7.86. The van der Waals surface area contributed by atoms with E-state index < -0.39 is 71.8 Å². The zero-order valence-corrected chi connectivity index (χ0v) is 16.4. The molecule has 0 saturated heterocycles. The van der Waals surface area contributed by atoms with E-state index in [0.29, 0.717) is 5.56 Å². The maximum atomic E-state index is 12.2. The van der Waals surface area contributed by atoms with E-state index in [2.05, 4.69) is 0 Å². The zero-order valence-electron chi connectivity index (χ0n) is 16.4. The number of nitrogens with zero attached hydrogens (tertiary/aromatic N) is 1. The molecule has 1 aromatic rings. The van der Waals surface area contributed by atoms with Gasteiger partial charge >= 0.3 is 29.8 Å². The molecule has 1 rings (SSSR count). The normalized spacial score (nSPS) is 15.0. The van der Waals surface area contributed by atoms with Crippen LogP contribution in [0.15, 0.2) is 30.3 Å². The third kappa shape index (κ3) is 4.80. The van der Waals surface area contributed by atoms with Gasteiger partial charge in [-0.25, -0.2) is 0 Å². The van der Waals surface area contributed by atoms with Gasteiger partial charge in [0.05, 0.1) is 18.4 Å². The lowest BCUT2D eigenvalue weighted by Gasteiger charge is -2.35. The Morgan fingerprint density at radius 1 is 0.935 bits per heavy atom. The van der Waals surface area contributed by atoms with Crippen molar-refractivity contribution in [1.82, 2.24) is 0 Å². The van der Waals surface area contributed by atoms with Crippen LogP contribution in [0.3, 0.4) is 0 Å². The highest BCUT2D eigenvalue weighted by atomic mass is 16.4. The second-order valence-electron chi connectivity index (χ2n) is 7.11. The van der Waals surface area contributed by atoms with Crippen LogP contribution in [0.1, 0.15) is 37.7 Å². The highest BCUT2D eigenvalue weighted by Crippen LogP contribution is 2.46. The summed E-state index contributed by atoms with van der Waals surface area (Å²) in [7, 11) is 0. The van der Waals surface area contributed by atoms with Crippen molar-refractivity contribution in [2.75, 3.05) is 0 Å². The molecule has 0 saturated carbocycles. The average molecular weight is 435 g/mol. The van der Waals surface area contributed by atoms with Crippen molar-refractivity contribution >= 4 is 29.8 Å². The molecule has 0 amide bonds. The van der Waals surface area contributed by atoms with Crippen LogP contribution in [-0.2, 0) is 24.0 Å². The van der Waals surface area contributed by atoms with Crippen molar-refractivity contribution in [2.45, 2.75) is 32.1 Å². The van der Waals surface area contributed by atoms with Gasteiger partial charge in [0, 0.05) is 5.92 Å². The molecule has 11 heteroatoms. The number of benzene rings is 1. The third-order valence-electron chi connectivity index (χ3n) is 5.50. The minimum Gasteiger partial charge on any atom is -0.481 e. The average Bonchev–Trinajstić information content (AvgIpc) is 2.69. The third-order valence-corrected chi connectivity index (χ3v) is 5.50. The lowest BCUT2D eigenvalue weighted by molar-refractivity contribution is -0.171. The Balaban J connectivity index is 3.54. The largest absolute Gasteiger partial charge is 0.481 e. The molecule has 0 aliphatic heterocycles. The molecular weight excluding hydrogens is 414 g/mol. The Bertz CT molecular complexity index is 906. The topological polar surface area (TPSA) is 210 Å². The number of aliphatic carboxylic acids is 5. The molecule has 0 spiro atoms. The Morgan fingerprint density at radius 2 is 1.45 bits per heavy atom. The maximum Gasteiger partial charge on any atom is 0.325 e. The minimum atomic E-state index is -2.89. The van der Waals surface area contributed by atoms with Crippen LogP contribution >= 0.6 is 0 Å². The predicted molar refractivity (Wildman–Crippen MR) is 101 cm³/mol. The van der Waals surface area contributed by atoms with Crippen molar-refractivity contribution in [3.63, 3.8) is 0 Å². The summed E-state index contributed by atoms with van der Waals surface area (Å²) in [5, 5.41) is 57.1. The molecule has 31 heavy (non-hydrogen) atoms. The predicted octanol–water partition coefficient (Wildman–Crippen LogP) is 1.50. The smallest absolute Gasteiger partial charge is 0.325 e.